The van der Waals surface area contributed by atoms with E-state index in [1.165, 1.54) is 39.5 Å². The number of nitrogens with one attached hydrogen (secondary N) is 1. The van der Waals surface area contributed by atoms with E-state index in [1.54, 1.807) is 19.1 Å². The second kappa shape index (κ2) is 8.88. The smallest absolute Gasteiger partial charge is 0.269 e. The molecule has 0 saturated carbocycles. The zero-order valence-corrected chi connectivity index (χ0v) is 15.7. The van der Waals surface area contributed by atoms with Gasteiger partial charge >= 0.3 is 0 Å². The van der Waals surface area contributed by atoms with Crippen molar-refractivity contribution >= 4 is 17.3 Å². The largest absolute Gasteiger partial charge is 0.493 e. The first-order chi connectivity index (χ1) is 12.9. The normalized spacial score (nSPS) is 10.2. The number of ether oxygens (including phenoxy) is 3. The van der Waals surface area contributed by atoms with Crippen LogP contribution in [0.25, 0.3) is 0 Å². The van der Waals surface area contributed by atoms with Gasteiger partial charge in [-0.15, -0.1) is 0 Å². The zero-order valence-electron chi connectivity index (χ0n) is 15.7. The number of nitro benzene ring substituents is 1. The highest BCUT2D eigenvalue weighted by Gasteiger charge is 2.14. The van der Waals surface area contributed by atoms with Gasteiger partial charge in [-0.2, -0.15) is 0 Å². The van der Waals surface area contributed by atoms with Crippen LogP contribution in [0.1, 0.15) is 17.5 Å². The maximum atomic E-state index is 12.3. The number of rotatable bonds is 8. The van der Waals surface area contributed by atoms with Crippen LogP contribution in [0.3, 0.4) is 0 Å². The van der Waals surface area contributed by atoms with Crippen molar-refractivity contribution in [2.24, 2.45) is 0 Å². The van der Waals surface area contributed by atoms with Crippen molar-refractivity contribution in [3.8, 4) is 17.2 Å². The standard InChI is InChI=1S/C19H22N2O6/c1-12-9-14(21(23)24)6-7-15(12)20-18(22)8-5-13-10-16(25-2)19(27-4)17(11-13)26-3/h6-7,9-11H,5,8H2,1-4H3,(H,20,22). The number of nitro groups is 1. The zero-order chi connectivity index (χ0) is 20.0. The lowest BCUT2D eigenvalue weighted by atomic mass is 10.1. The summed E-state index contributed by atoms with van der Waals surface area (Å²) in [6.45, 7) is 1.71. The summed E-state index contributed by atoms with van der Waals surface area (Å²) in [5.74, 6) is 1.35. The summed E-state index contributed by atoms with van der Waals surface area (Å²) < 4.78 is 15.9. The molecule has 8 heteroatoms. The fourth-order valence-electron chi connectivity index (χ4n) is 2.65. The monoisotopic (exact) mass is 374 g/mol. The third kappa shape index (κ3) is 4.87. The Kier molecular flexibility index (Phi) is 6.59. The van der Waals surface area contributed by atoms with E-state index in [4.69, 9.17) is 14.2 Å². The van der Waals surface area contributed by atoms with E-state index < -0.39 is 4.92 Å². The SMILES string of the molecule is COc1cc(CCC(=O)Nc2ccc([N+](=O)[O-])cc2C)cc(OC)c1OC. The van der Waals surface area contributed by atoms with Crippen LogP contribution in [0.4, 0.5) is 11.4 Å². The molecule has 0 radical (unpaired) electrons. The minimum absolute atomic E-state index is 0.0112. The molecule has 0 unspecified atom stereocenters. The van der Waals surface area contributed by atoms with Gasteiger partial charge in [0, 0.05) is 24.2 Å². The van der Waals surface area contributed by atoms with Gasteiger partial charge < -0.3 is 19.5 Å². The highest BCUT2D eigenvalue weighted by molar-refractivity contribution is 5.91. The molecule has 0 bridgehead atoms. The van der Waals surface area contributed by atoms with Gasteiger partial charge in [0.05, 0.1) is 26.3 Å². The third-order valence-corrected chi connectivity index (χ3v) is 4.06. The fraction of sp³-hybridized carbons (Fsp3) is 0.316. The van der Waals surface area contributed by atoms with Crippen LogP contribution in [0.15, 0.2) is 30.3 Å². The van der Waals surface area contributed by atoms with Crippen molar-refractivity contribution in [1.82, 2.24) is 0 Å². The van der Waals surface area contributed by atoms with Gasteiger partial charge in [0.1, 0.15) is 0 Å². The molecule has 2 rings (SSSR count). The summed E-state index contributed by atoms with van der Waals surface area (Å²) in [5.41, 5.74) is 2.03. The van der Waals surface area contributed by atoms with Crippen LogP contribution in [0.5, 0.6) is 17.2 Å². The molecule has 1 N–H and O–H groups in total. The topological polar surface area (TPSA) is 99.9 Å². The minimum Gasteiger partial charge on any atom is -0.493 e. The summed E-state index contributed by atoms with van der Waals surface area (Å²) in [4.78, 5) is 22.6. The first kappa shape index (κ1) is 20.0. The van der Waals surface area contributed by atoms with E-state index in [2.05, 4.69) is 5.32 Å². The predicted molar refractivity (Wildman–Crippen MR) is 101 cm³/mol. The number of aryl methyl sites for hydroxylation is 2. The second-order valence-electron chi connectivity index (χ2n) is 5.84. The Hall–Kier alpha value is -3.29. The number of carbonyl (C=O) groups is 1. The summed E-state index contributed by atoms with van der Waals surface area (Å²) in [6.07, 6.45) is 0.698. The molecule has 0 spiro atoms. The second-order valence-corrected chi connectivity index (χ2v) is 5.84. The van der Waals surface area contributed by atoms with E-state index in [0.717, 1.165) is 5.56 Å². The number of anilines is 1. The molecule has 0 saturated heterocycles. The molecule has 0 aliphatic rings. The molecule has 0 aliphatic heterocycles. The average molecular weight is 374 g/mol. The number of nitrogens with zero attached hydrogens (tertiary/aromatic N) is 1. The molecule has 27 heavy (non-hydrogen) atoms. The first-order valence-corrected chi connectivity index (χ1v) is 8.23. The molecule has 0 heterocycles. The quantitative estimate of drug-likeness (QED) is 0.561. The average Bonchev–Trinajstić information content (AvgIpc) is 2.66. The van der Waals surface area contributed by atoms with Crippen molar-refractivity contribution < 1.29 is 23.9 Å². The van der Waals surface area contributed by atoms with Crippen LogP contribution >= 0.6 is 0 Å². The van der Waals surface area contributed by atoms with Gasteiger partial charge in [0.25, 0.3) is 5.69 Å². The Bertz CT molecular complexity index is 825. The molecule has 2 aromatic carbocycles. The van der Waals surface area contributed by atoms with Crippen molar-refractivity contribution in [2.45, 2.75) is 19.8 Å². The Labute approximate surface area is 157 Å². The Morgan fingerprint density at radius 2 is 1.70 bits per heavy atom. The van der Waals surface area contributed by atoms with Gasteiger partial charge in [-0.1, -0.05) is 0 Å². The number of benzene rings is 2. The molecule has 144 valence electrons. The molecule has 1 amide bonds. The summed E-state index contributed by atoms with van der Waals surface area (Å²) in [6, 6.07) is 7.92. The lowest BCUT2D eigenvalue weighted by Gasteiger charge is -2.14. The number of hydrogen-bond donors (Lipinski definition) is 1. The molecule has 2 aromatic rings. The molecule has 0 aromatic heterocycles. The Morgan fingerprint density at radius 1 is 1.07 bits per heavy atom. The maximum Gasteiger partial charge on any atom is 0.269 e. The Morgan fingerprint density at radius 3 is 2.19 bits per heavy atom. The van der Waals surface area contributed by atoms with E-state index in [1.807, 2.05) is 0 Å². The lowest BCUT2D eigenvalue weighted by Crippen LogP contribution is -2.13. The van der Waals surface area contributed by atoms with Crippen LogP contribution in [0.2, 0.25) is 0 Å². The van der Waals surface area contributed by atoms with Gasteiger partial charge in [0.15, 0.2) is 11.5 Å². The lowest BCUT2D eigenvalue weighted by molar-refractivity contribution is -0.384. The van der Waals surface area contributed by atoms with E-state index in [9.17, 15) is 14.9 Å². The van der Waals surface area contributed by atoms with Crippen molar-refractivity contribution in [1.29, 1.82) is 0 Å². The van der Waals surface area contributed by atoms with E-state index >= 15 is 0 Å². The van der Waals surface area contributed by atoms with Crippen LogP contribution in [0, 0.1) is 17.0 Å². The van der Waals surface area contributed by atoms with E-state index in [0.29, 0.717) is 34.9 Å². The highest BCUT2D eigenvalue weighted by Crippen LogP contribution is 2.38. The highest BCUT2D eigenvalue weighted by atomic mass is 16.6. The summed E-state index contributed by atoms with van der Waals surface area (Å²) in [7, 11) is 4.59. The number of carbonyl (C=O) groups excluding carboxylic acids is 1. The van der Waals surface area contributed by atoms with Gasteiger partial charge in [-0.05, 0) is 42.7 Å². The third-order valence-electron chi connectivity index (χ3n) is 4.06. The molecular weight excluding hydrogens is 352 g/mol. The van der Waals surface area contributed by atoms with Crippen LogP contribution in [-0.2, 0) is 11.2 Å². The number of hydrogen-bond acceptors (Lipinski definition) is 6. The molecular formula is C19H22N2O6. The minimum atomic E-state index is -0.469. The van der Waals surface area contributed by atoms with Crippen molar-refractivity contribution in [2.75, 3.05) is 26.6 Å². The summed E-state index contributed by atoms with van der Waals surface area (Å²) in [5, 5.41) is 13.6. The molecule has 0 aliphatic carbocycles. The van der Waals surface area contributed by atoms with Gasteiger partial charge in [-0.25, -0.2) is 0 Å². The first-order valence-electron chi connectivity index (χ1n) is 8.23. The molecule has 8 nitrogen and oxygen atoms in total. The predicted octanol–water partition coefficient (Wildman–Crippen LogP) is 3.50. The number of non-ortho nitro benzene ring substituents is 1. The van der Waals surface area contributed by atoms with Crippen LogP contribution < -0.4 is 19.5 Å². The van der Waals surface area contributed by atoms with E-state index in [-0.39, 0.29) is 18.0 Å². The number of methoxy groups -OCH3 is 3. The van der Waals surface area contributed by atoms with Gasteiger partial charge in [-0.3, -0.25) is 14.9 Å². The van der Waals surface area contributed by atoms with Gasteiger partial charge in [0.2, 0.25) is 11.7 Å². The van der Waals surface area contributed by atoms with Crippen molar-refractivity contribution in [3.63, 3.8) is 0 Å². The molecule has 0 fully saturated rings. The number of amides is 1. The maximum absolute atomic E-state index is 12.3. The molecule has 0 atom stereocenters. The Balaban J connectivity index is 2.06. The van der Waals surface area contributed by atoms with Crippen molar-refractivity contribution in [3.05, 3.63) is 51.6 Å². The fourth-order valence-corrected chi connectivity index (χ4v) is 2.65. The van der Waals surface area contributed by atoms with Crippen LogP contribution in [-0.4, -0.2) is 32.2 Å². The summed E-state index contributed by atoms with van der Waals surface area (Å²) >= 11 is 0.